The second kappa shape index (κ2) is 5.54. The monoisotopic (exact) mass is 259 g/mol. The summed E-state index contributed by atoms with van der Waals surface area (Å²) in [6, 6.07) is 0.554. The molecule has 1 rings (SSSR count). The minimum Gasteiger partial charge on any atom is -0.480 e. The number of hydrogen-bond acceptors (Lipinski definition) is 4. The number of carbonyl (C=O) groups is 2. The van der Waals surface area contributed by atoms with E-state index in [0.29, 0.717) is 0 Å². The van der Waals surface area contributed by atoms with Crippen LogP contribution in [-0.2, 0) is 16.0 Å². The van der Waals surface area contributed by atoms with Gasteiger partial charge < -0.3 is 15.6 Å². The van der Waals surface area contributed by atoms with Crippen LogP contribution in [0.25, 0.3) is 0 Å². The topological polar surface area (TPSA) is 89.6 Å². The summed E-state index contributed by atoms with van der Waals surface area (Å²) in [7, 11) is 1.02. The molecule has 0 saturated heterocycles. The average molecular weight is 259 g/mol. The number of halogens is 2. The Morgan fingerprint density at radius 1 is 1.44 bits per heavy atom. The fourth-order valence-corrected chi connectivity index (χ4v) is 1.36. The van der Waals surface area contributed by atoms with Crippen LogP contribution in [0.15, 0.2) is 12.1 Å². The van der Waals surface area contributed by atoms with Crippen molar-refractivity contribution >= 4 is 11.9 Å². The largest absolute Gasteiger partial charge is 0.480 e. The molecule has 0 fully saturated rings. The van der Waals surface area contributed by atoms with Gasteiger partial charge in [-0.05, 0) is 24.1 Å². The molecular weight excluding hydrogens is 248 g/mol. The molecule has 1 unspecified atom stereocenters. The first-order valence-electron chi connectivity index (χ1n) is 4.91. The smallest absolute Gasteiger partial charge is 0.340 e. The number of hydrogen-bond donors (Lipinski definition) is 2. The van der Waals surface area contributed by atoms with Crippen molar-refractivity contribution < 1.29 is 28.2 Å². The summed E-state index contributed by atoms with van der Waals surface area (Å²) >= 11 is 0. The van der Waals surface area contributed by atoms with Gasteiger partial charge >= 0.3 is 11.9 Å². The van der Waals surface area contributed by atoms with Crippen LogP contribution in [0.5, 0.6) is 0 Å². The van der Waals surface area contributed by atoms with Crippen LogP contribution in [-0.4, -0.2) is 30.2 Å². The second-order valence-electron chi connectivity index (χ2n) is 3.58. The predicted octanol–water partition coefficient (Wildman–Crippen LogP) is 0.706. The molecule has 0 aromatic heterocycles. The van der Waals surface area contributed by atoms with E-state index in [0.717, 1.165) is 19.2 Å². The number of methoxy groups -OCH3 is 1. The van der Waals surface area contributed by atoms with Gasteiger partial charge in [0.2, 0.25) is 0 Å². The molecule has 0 aliphatic carbocycles. The summed E-state index contributed by atoms with van der Waals surface area (Å²) in [4.78, 5) is 21.7. The molecule has 1 aromatic carbocycles. The van der Waals surface area contributed by atoms with Crippen LogP contribution >= 0.6 is 0 Å². The lowest BCUT2D eigenvalue weighted by molar-refractivity contribution is -0.138. The zero-order chi connectivity index (χ0) is 13.9. The molecule has 1 atom stereocenters. The summed E-state index contributed by atoms with van der Waals surface area (Å²) in [5.74, 6) is -4.92. The lowest BCUT2D eigenvalue weighted by Gasteiger charge is -2.09. The van der Waals surface area contributed by atoms with Crippen molar-refractivity contribution in [1.82, 2.24) is 0 Å². The van der Waals surface area contributed by atoms with E-state index in [1.807, 2.05) is 0 Å². The predicted molar refractivity (Wildman–Crippen MR) is 57.0 cm³/mol. The Hall–Kier alpha value is -2.02. The number of ether oxygens (including phenoxy) is 1. The molecule has 0 bridgehead atoms. The third-order valence-corrected chi connectivity index (χ3v) is 2.27. The first-order valence-corrected chi connectivity index (χ1v) is 4.91. The van der Waals surface area contributed by atoms with E-state index in [1.165, 1.54) is 0 Å². The highest BCUT2D eigenvalue weighted by Crippen LogP contribution is 2.17. The highest BCUT2D eigenvalue weighted by molar-refractivity contribution is 5.90. The van der Waals surface area contributed by atoms with Gasteiger partial charge in [-0.25, -0.2) is 13.6 Å². The standard InChI is InChI=1S/C11H11F2NO4/c1-18-11(17)6-2-5(3-7(12)9(6)13)4-8(14)10(15)16/h2-3,8H,4,14H2,1H3,(H,15,16). The molecule has 0 heterocycles. The van der Waals surface area contributed by atoms with Gasteiger partial charge in [-0.15, -0.1) is 0 Å². The molecule has 7 heteroatoms. The van der Waals surface area contributed by atoms with Gasteiger partial charge in [0, 0.05) is 0 Å². The number of carbonyl (C=O) groups excluding carboxylic acids is 1. The number of esters is 1. The number of carboxylic acid groups (broad SMARTS) is 1. The lowest BCUT2D eigenvalue weighted by atomic mass is 10.0. The van der Waals surface area contributed by atoms with Gasteiger partial charge in [-0.2, -0.15) is 0 Å². The molecule has 18 heavy (non-hydrogen) atoms. The Morgan fingerprint density at radius 2 is 2.06 bits per heavy atom. The van der Waals surface area contributed by atoms with Crippen molar-refractivity contribution in [3.8, 4) is 0 Å². The summed E-state index contributed by atoms with van der Waals surface area (Å²) in [5, 5.41) is 8.61. The Morgan fingerprint density at radius 3 is 2.56 bits per heavy atom. The minimum atomic E-state index is -1.34. The summed E-state index contributed by atoms with van der Waals surface area (Å²) in [6.07, 6.45) is -0.226. The van der Waals surface area contributed by atoms with Crippen LogP contribution in [0.4, 0.5) is 8.78 Å². The number of carboxylic acids is 1. The molecule has 5 nitrogen and oxygen atoms in total. The van der Waals surface area contributed by atoms with Crippen molar-refractivity contribution in [2.45, 2.75) is 12.5 Å². The molecule has 98 valence electrons. The Bertz CT molecular complexity index is 490. The van der Waals surface area contributed by atoms with Crippen LogP contribution in [0.1, 0.15) is 15.9 Å². The molecule has 0 aliphatic rings. The Labute approximate surface area is 101 Å². The zero-order valence-electron chi connectivity index (χ0n) is 9.44. The van der Waals surface area contributed by atoms with Gasteiger partial charge in [0.05, 0.1) is 12.7 Å². The molecule has 0 radical (unpaired) electrons. The summed E-state index contributed by atoms with van der Waals surface area (Å²) in [5.41, 5.74) is 4.77. The van der Waals surface area contributed by atoms with E-state index >= 15 is 0 Å². The zero-order valence-corrected chi connectivity index (χ0v) is 9.44. The number of nitrogens with two attached hydrogens (primary N) is 1. The molecule has 0 spiro atoms. The van der Waals surface area contributed by atoms with Crippen LogP contribution in [0.3, 0.4) is 0 Å². The maximum absolute atomic E-state index is 13.3. The van der Waals surface area contributed by atoms with E-state index in [9.17, 15) is 18.4 Å². The van der Waals surface area contributed by atoms with Crippen LogP contribution in [0.2, 0.25) is 0 Å². The third-order valence-electron chi connectivity index (χ3n) is 2.27. The number of aliphatic carboxylic acids is 1. The van der Waals surface area contributed by atoms with Crippen LogP contribution < -0.4 is 5.73 Å². The normalized spacial score (nSPS) is 12.0. The third kappa shape index (κ3) is 3.01. The van der Waals surface area contributed by atoms with Gasteiger partial charge in [0.15, 0.2) is 11.6 Å². The van der Waals surface area contributed by atoms with Gasteiger partial charge in [-0.3, -0.25) is 4.79 Å². The highest BCUT2D eigenvalue weighted by Gasteiger charge is 2.20. The lowest BCUT2D eigenvalue weighted by Crippen LogP contribution is -2.32. The van der Waals surface area contributed by atoms with Gasteiger partial charge in [-0.1, -0.05) is 0 Å². The van der Waals surface area contributed by atoms with E-state index < -0.39 is 35.2 Å². The minimum absolute atomic E-state index is 0.101. The Kier molecular flexibility index (Phi) is 4.33. The summed E-state index contributed by atoms with van der Waals surface area (Å²) in [6.45, 7) is 0. The maximum atomic E-state index is 13.3. The maximum Gasteiger partial charge on any atom is 0.340 e. The van der Waals surface area contributed by atoms with E-state index in [-0.39, 0.29) is 12.0 Å². The van der Waals surface area contributed by atoms with E-state index in [2.05, 4.69) is 4.74 Å². The van der Waals surface area contributed by atoms with Crippen molar-refractivity contribution in [1.29, 1.82) is 0 Å². The number of benzene rings is 1. The second-order valence-corrected chi connectivity index (χ2v) is 3.58. The highest BCUT2D eigenvalue weighted by atomic mass is 19.2. The van der Waals surface area contributed by atoms with E-state index in [4.69, 9.17) is 10.8 Å². The quantitative estimate of drug-likeness (QED) is 0.777. The summed E-state index contributed by atoms with van der Waals surface area (Å²) < 4.78 is 30.8. The van der Waals surface area contributed by atoms with Gasteiger partial charge in [0.25, 0.3) is 0 Å². The molecule has 3 N–H and O–H groups in total. The molecule has 1 aromatic rings. The first kappa shape index (κ1) is 14.0. The first-order chi connectivity index (χ1) is 8.36. The van der Waals surface area contributed by atoms with Crippen molar-refractivity contribution in [3.05, 3.63) is 34.9 Å². The molecular formula is C11H11F2NO4. The van der Waals surface area contributed by atoms with Crippen molar-refractivity contribution in [2.24, 2.45) is 5.73 Å². The fourth-order valence-electron chi connectivity index (χ4n) is 1.36. The molecule has 0 amide bonds. The fraction of sp³-hybridized carbons (Fsp3) is 0.273. The number of rotatable bonds is 4. The van der Waals surface area contributed by atoms with E-state index in [1.54, 1.807) is 0 Å². The Balaban J connectivity index is 3.12. The average Bonchev–Trinajstić information content (AvgIpc) is 2.32. The van der Waals surface area contributed by atoms with Gasteiger partial charge in [0.1, 0.15) is 6.04 Å². The van der Waals surface area contributed by atoms with Crippen LogP contribution in [0, 0.1) is 11.6 Å². The molecule has 0 aliphatic heterocycles. The SMILES string of the molecule is COC(=O)c1cc(CC(N)C(=O)O)cc(F)c1F. The van der Waals surface area contributed by atoms with Crippen molar-refractivity contribution in [3.63, 3.8) is 0 Å². The van der Waals surface area contributed by atoms with Crippen molar-refractivity contribution in [2.75, 3.05) is 7.11 Å². The molecule has 0 saturated carbocycles.